The molecule has 0 aliphatic heterocycles. The number of carbonyl (C=O) groups is 1. The fraction of sp³-hybridized carbons (Fsp3) is 0.263. The lowest BCUT2D eigenvalue weighted by Gasteiger charge is -2.21. The van der Waals surface area contributed by atoms with Crippen LogP contribution in [-0.4, -0.2) is 37.5 Å². The summed E-state index contributed by atoms with van der Waals surface area (Å²) in [5, 5.41) is 15.1. The van der Waals surface area contributed by atoms with Crippen molar-refractivity contribution in [2.45, 2.75) is 26.9 Å². The molecule has 4 aromatic rings. The molecule has 0 aliphatic carbocycles. The molecule has 0 fully saturated rings. The zero-order valence-electron chi connectivity index (χ0n) is 15.1. The largest absolute Gasteiger partial charge is 0.494 e. The third kappa shape index (κ3) is 3.48. The minimum absolute atomic E-state index is 0.0113. The molecule has 8 heteroatoms. The minimum atomic E-state index is 0.0113. The number of hydrogen-bond donors (Lipinski definition) is 0. The molecule has 0 saturated carbocycles. The van der Waals surface area contributed by atoms with E-state index < -0.39 is 0 Å². The number of amides is 1. The van der Waals surface area contributed by atoms with Crippen LogP contribution in [0.1, 0.15) is 24.3 Å². The fourth-order valence-corrected chi connectivity index (χ4v) is 3.81. The Morgan fingerprint density at radius 2 is 2.15 bits per heavy atom. The van der Waals surface area contributed by atoms with Crippen LogP contribution in [-0.2, 0) is 17.9 Å². The minimum Gasteiger partial charge on any atom is -0.494 e. The summed E-state index contributed by atoms with van der Waals surface area (Å²) in [7, 11) is 0. The number of fused-ring (bicyclic) bond motifs is 3. The zero-order valence-corrected chi connectivity index (χ0v) is 15.9. The van der Waals surface area contributed by atoms with E-state index >= 15 is 0 Å². The van der Waals surface area contributed by atoms with E-state index in [9.17, 15) is 4.79 Å². The second-order valence-corrected chi connectivity index (χ2v) is 7.22. The average molecular weight is 381 g/mol. The second kappa shape index (κ2) is 7.32. The molecule has 138 valence electrons. The Bertz CT molecular complexity index is 1090. The van der Waals surface area contributed by atoms with Crippen LogP contribution in [0, 0.1) is 0 Å². The van der Waals surface area contributed by atoms with Gasteiger partial charge in [0.15, 0.2) is 5.65 Å². The monoisotopic (exact) mass is 381 g/mol. The topological polar surface area (TPSA) is 72.6 Å². The molecule has 1 amide bonds. The van der Waals surface area contributed by atoms with Crippen LogP contribution in [0.4, 0.5) is 0 Å². The van der Waals surface area contributed by atoms with Crippen molar-refractivity contribution in [1.29, 1.82) is 0 Å². The Morgan fingerprint density at radius 3 is 2.89 bits per heavy atom. The smallest absolute Gasteiger partial charge is 0.220 e. The van der Waals surface area contributed by atoms with Crippen LogP contribution in [0.25, 0.3) is 16.6 Å². The van der Waals surface area contributed by atoms with Crippen LogP contribution < -0.4 is 4.74 Å². The van der Waals surface area contributed by atoms with E-state index in [1.807, 2.05) is 48.7 Å². The summed E-state index contributed by atoms with van der Waals surface area (Å²) in [5.74, 6) is 0.808. The zero-order chi connectivity index (χ0) is 18.8. The van der Waals surface area contributed by atoms with Crippen molar-refractivity contribution in [2.24, 2.45) is 0 Å². The summed E-state index contributed by atoms with van der Waals surface area (Å²) in [5.41, 5.74) is 2.45. The molecule has 1 aromatic carbocycles. The molecule has 3 heterocycles. The molecule has 4 rings (SSSR count). The van der Waals surface area contributed by atoms with Crippen molar-refractivity contribution >= 4 is 33.8 Å². The highest BCUT2D eigenvalue weighted by atomic mass is 32.1. The Labute approximate surface area is 160 Å². The van der Waals surface area contributed by atoms with E-state index in [-0.39, 0.29) is 5.91 Å². The molecule has 0 atom stereocenters. The number of benzene rings is 1. The molecule has 0 saturated heterocycles. The van der Waals surface area contributed by atoms with Crippen molar-refractivity contribution in [3.63, 3.8) is 0 Å². The summed E-state index contributed by atoms with van der Waals surface area (Å²) >= 11 is 1.64. The first-order chi connectivity index (χ1) is 13.2. The van der Waals surface area contributed by atoms with Crippen LogP contribution in [0.15, 0.2) is 41.8 Å². The Kier molecular flexibility index (Phi) is 4.72. The van der Waals surface area contributed by atoms with Crippen LogP contribution in [0.5, 0.6) is 5.75 Å². The predicted molar refractivity (Wildman–Crippen MR) is 104 cm³/mol. The van der Waals surface area contributed by atoms with E-state index in [0.29, 0.717) is 25.3 Å². The van der Waals surface area contributed by atoms with Gasteiger partial charge in [0.05, 0.1) is 18.7 Å². The number of tetrazole rings is 1. The molecular weight excluding hydrogens is 362 g/mol. The quantitative estimate of drug-likeness (QED) is 0.512. The Morgan fingerprint density at radius 1 is 1.26 bits per heavy atom. The van der Waals surface area contributed by atoms with Crippen molar-refractivity contribution < 1.29 is 9.53 Å². The molecule has 3 aromatic heterocycles. The van der Waals surface area contributed by atoms with Gasteiger partial charge in [0.25, 0.3) is 0 Å². The molecular formula is C19H19N5O2S. The van der Waals surface area contributed by atoms with Gasteiger partial charge in [0, 0.05) is 29.3 Å². The lowest BCUT2D eigenvalue weighted by Crippen LogP contribution is -2.27. The first kappa shape index (κ1) is 17.4. The number of ether oxygens (including phenoxy) is 1. The Balaban J connectivity index is 1.76. The number of pyridine rings is 1. The number of thiophene rings is 1. The van der Waals surface area contributed by atoms with Crippen molar-refractivity contribution in [1.82, 2.24) is 24.9 Å². The molecule has 0 unspecified atom stereocenters. The van der Waals surface area contributed by atoms with Crippen LogP contribution in [0.2, 0.25) is 0 Å². The van der Waals surface area contributed by atoms with Gasteiger partial charge in [-0.3, -0.25) is 4.79 Å². The van der Waals surface area contributed by atoms with Crippen LogP contribution >= 0.6 is 11.3 Å². The summed E-state index contributed by atoms with van der Waals surface area (Å²) in [6.07, 6.45) is 0. The van der Waals surface area contributed by atoms with Crippen molar-refractivity contribution in [3.05, 3.63) is 52.2 Å². The second-order valence-electron chi connectivity index (χ2n) is 6.19. The number of rotatable bonds is 6. The third-order valence-electron chi connectivity index (χ3n) is 4.36. The summed E-state index contributed by atoms with van der Waals surface area (Å²) in [4.78, 5) is 15.1. The van der Waals surface area contributed by atoms with Gasteiger partial charge in [-0.1, -0.05) is 6.07 Å². The molecule has 7 nitrogen and oxygen atoms in total. The first-order valence-electron chi connectivity index (χ1n) is 8.70. The van der Waals surface area contributed by atoms with E-state index in [2.05, 4.69) is 15.5 Å². The fourth-order valence-electron chi connectivity index (χ4n) is 3.09. The van der Waals surface area contributed by atoms with Gasteiger partial charge >= 0.3 is 0 Å². The van der Waals surface area contributed by atoms with Gasteiger partial charge in [-0.05, 0) is 53.1 Å². The van der Waals surface area contributed by atoms with Crippen molar-refractivity contribution in [2.75, 3.05) is 6.61 Å². The van der Waals surface area contributed by atoms with Gasteiger partial charge in [0.2, 0.25) is 5.91 Å². The number of nitrogens with zero attached hydrogens (tertiary/aromatic N) is 5. The van der Waals surface area contributed by atoms with E-state index in [4.69, 9.17) is 4.74 Å². The Hall–Kier alpha value is -3.00. The van der Waals surface area contributed by atoms with Gasteiger partial charge in [0.1, 0.15) is 5.75 Å². The van der Waals surface area contributed by atoms with Gasteiger partial charge in [-0.2, -0.15) is 4.52 Å². The summed E-state index contributed by atoms with van der Waals surface area (Å²) < 4.78 is 7.32. The van der Waals surface area contributed by atoms with Crippen LogP contribution in [0.3, 0.4) is 0 Å². The first-order valence-corrected chi connectivity index (χ1v) is 9.58. The van der Waals surface area contributed by atoms with Crippen molar-refractivity contribution in [3.8, 4) is 5.75 Å². The number of aromatic nitrogens is 4. The average Bonchev–Trinajstić information content (AvgIpc) is 3.33. The van der Waals surface area contributed by atoms with Gasteiger partial charge in [-0.25, -0.2) is 0 Å². The molecule has 0 aliphatic rings. The van der Waals surface area contributed by atoms with Gasteiger partial charge < -0.3 is 9.64 Å². The number of carbonyl (C=O) groups excluding carboxylic acids is 1. The van der Waals surface area contributed by atoms with Gasteiger partial charge in [-0.15, -0.1) is 16.4 Å². The highest BCUT2D eigenvalue weighted by Gasteiger charge is 2.16. The standard InChI is InChI=1S/C19H19N5O2S/c1-3-26-16-6-7-18-14(10-16)9-15(19-20-21-22-24(18)19)11-23(13(2)25)12-17-5-4-8-27-17/h4-10H,3,11-12H2,1-2H3. The molecule has 27 heavy (non-hydrogen) atoms. The lowest BCUT2D eigenvalue weighted by molar-refractivity contribution is -0.130. The van der Waals surface area contributed by atoms with E-state index in [1.165, 1.54) is 0 Å². The maximum atomic E-state index is 12.2. The molecule has 0 radical (unpaired) electrons. The summed E-state index contributed by atoms with van der Waals surface area (Å²) in [6, 6.07) is 11.9. The highest BCUT2D eigenvalue weighted by molar-refractivity contribution is 7.09. The van der Waals surface area contributed by atoms with E-state index in [1.54, 1.807) is 27.7 Å². The maximum absolute atomic E-state index is 12.2. The third-order valence-corrected chi connectivity index (χ3v) is 5.22. The summed E-state index contributed by atoms with van der Waals surface area (Å²) in [6.45, 7) is 5.14. The molecule has 0 N–H and O–H groups in total. The SMILES string of the molecule is CCOc1ccc2c(c1)cc(CN(Cc1cccs1)C(C)=O)c1nnnn12. The highest BCUT2D eigenvalue weighted by Crippen LogP contribution is 2.25. The molecule has 0 bridgehead atoms. The predicted octanol–water partition coefficient (Wildman–Crippen LogP) is 3.29. The maximum Gasteiger partial charge on any atom is 0.220 e. The normalized spacial score (nSPS) is 11.2. The molecule has 0 spiro atoms. The lowest BCUT2D eigenvalue weighted by atomic mass is 10.1. The van der Waals surface area contributed by atoms with E-state index in [0.717, 1.165) is 27.1 Å². The number of hydrogen-bond acceptors (Lipinski definition) is 6.